The Morgan fingerprint density at radius 1 is 1.00 bits per heavy atom. The van der Waals surface area contributed by atoms with Crippen LogP contribution in [0.1, 0.15) is 50.1 Å². The van der Waals surface area contributed by atoms with Gasteiger partial charge in [-0.25, -0.2) is 18.6 Å². The smallest absolute Gasteiger partial charge is 0.329 e. The van der Waals surface area contributed by atoms with Gasteiger partial charge in [0, 0.05) is 63.0 Å². The molecule has 1 saturated carbocycles. The zero-order valence-electron chi connectivity index (χ0n) is 31.7. The van der Waals surface area contributed by atoms with Gasteiger partial charge in [-0.1, -0.05) is 0 Å². The molecule has 4 saturated heterocycles. The molecule has 10 rings (SSSR count). The van der Waals surface area contributed by atoms with Gasteiger partial charge in [-0.05, 0) is 74.6 Å². The average molecular weight is 791 g/mol. The monoisotopic (exact) mass is 790 g/mol. The lowest BCUT2D eigenvalue weighted by Gasteiger charge is -2.63. The molecule has 0 bridgehead atoms. The first-order valence-electron chi connectivity index (χ1n) is 19.5. The van der Waals surface area contributed by atoms with E-state index in [1.165, 1.54) is 23.1 Å². The zero-order valence-corrected chi connectivity index (χ0v) is 31.7. The lowest BCUT2D eigenvalue weighted by Crippen LogP contribution is -2.74. The van der Waals surface area contributed by atoms with Crippen molar-refractivity contribution in [3.05, 3.63) is 76.3 Å². The van der Waals surface area contributed by atoms with Crippen molar-refractivity contribution in [2.24, 2.45) is 12.5 Å². The number of aryl methyl sites for hydroxylation is 1. The van der Waals surface area contributed by atoms with Crippen LogP contribution in [0.2, 0.25) is 0 Å². The fourth-order valence-corrected chi connectivity index (χ4v) is 9.85. The van der Waals surface area contributed by atoms with Crippen LogP contribution < -0.4 is 31.1 Å². The van der Waals surface area contributed by atoms with Gasteiger partial charge in [-0.2, -0.15) is 10.4 Å². The summed E-state index contributed by atoms with van der Waals surface area (Å²) in [6.45, 7) is 4.02. The third-order valence-corrected chi connectivity index (χ3v) is 12.9. The van der Waals surface area contributed by atoms with Gasteiger partial charge < -0.3 is 20.1 Å². The maximum atomic E-state index is 15.6. The number of fused-ring (bicyclic) bond motifs is 2. The molecule has 3 amide bonds. The molecular weight excluding hydrogens is 751 g/mol. The fourth-order valence-electron chi connectivity index (χ4n) is 9.85. The minimum absolute atomic E-state index is 0.0888. The van der Waals surface area contributed by atoms with Crippen LogP contribution >= 0.6 is 0 Å². The Kier molecular flexibility index (Phi) is 8.26. The molecule has 3 aromatic carbocycles. The van der Waals surface area contributed by atoms with E-state index in [0.29, 0.717) is 52.4 Å². The van der Waals surface area contributed by atoms with Gasteiger partial charge in [0.2, 0.25) is 5.91 Å². The molecule has 2 spiro atoms. The summed E-state index contributed by atoms with van der Waals surface area (Å²) in [5, 5.41) is 17.2. The van der Waals surface area contributed by atoms with E-state index in [1.54, 1.807) is 40.8 Å². The Morgan fingerprint density at radius 3 is 2.55 bits per heavy atom. The molecule has 17 heteroatoms. The van der Waals surface area contributed by atoms with E-state index >= 15 is 4.39 Å². The van der Waals surface area contributed by atoms with E-state index in [-0.39, 0.29) is 70.1 Å². The third kappa shape index (κ3) is 5.84. The molecule has 298 valence electrons. The van der Waals surface area contributed by atoms with Crippen LogP contribution in [0.4, 0.5) is 30.8 Å². The number of rotatable bonds is 6. The lowest BCUT2D eigenvalue weighted by atomic mass is 9.70. The molecule has 1 unspecified atom stereocenters. The Hall–Kier alpha value is -6.12. The van der Waals surface area contributed by atoms with Crippen molar-refractivity contribution in [1.82, 2.24) is 29.5 Å². The minimum atomic E-state index is -0.739. The topological polar surface area (TPSA) is 177 Å². The van der Waals surface area contributed by atoms with Gasteiger partial charge in [-0.3, -0.25) is 34.0 Å². The minimum Gasteiger partial charge on any atom is -0.453 e. The highest BCUT2D eigenvalue weighted by molar-refractivity contribution is 6.09. The molecule has 15 nitrogen and oxygen atoms in total. The number of likely N-dealkylation sites (tertiary alicyclic amines) is 1. The average Bonchev–Trinajstić information content (AvgIpc) is 3.72. The molecule has 5 aliphatic rings. The number of benzene rings is 3. The van der Waals surface area contributed by atoms with Crippen LogP contribution in [0.15, 0.2) is 53.6 Å². The predicted octanol–water partition coefficient (Wildman–Crippen LogP) is 4.72. The largest absolute Gasteiger partial charge is 0.453 e. The number of nitriles is 1. The number of halogens is 2. The second kappa shape index (κ2) is 13.2. The van der Waals surface area contributed by atoms with Gasteiger partial charge in [0.25, 0.3) is 5.56 Å². The van der Waals surface area contributed by atoms with Crippen LogP contribution in [0.25, 0.3) is 21.8 Å². The zero-order chi connectivity index (χ0) is 40.1. The summed E-state index contributed by atoms with van der Waals surface area (Å²) in [5.74, 6) is -1.22. The number of carbonyl (C=O) groups excluding carboxylic acids is 2. The Balaban J connectivity index is 0.756. The Labute approximate surface area is 330 Å². The quantitative estimate of drug-likeness (QED) is 0.228. The molecule has 1 aliphatic carbocycles. The van der Waals surface area contributed by atoms with Gasteiger partial charge in [0.1, 0.15) is 23.2 Å². The second-order valence-electron chi connectivity index (χ2n) is 16.6. The number of carbonyl (C=O) groups is 2. The number of hydrogen-bond donors (Lipinski definition) is 2. The van der Waals surface area contributed by atoms with E-state index in [4.69, 9.17) is 15.2 Å². The molecule has 3 N–H and O–H groups in total. The van der Waals surface area contributed by atoms with E-state index in [2.05, 4.69) is 25.2 Å². The van der Waals surface area contributed by atoms with Crippen molar-refractivity contribution in [2.45, 2.75) is 56.2 Å². The van der Waals surface area contributed by atoms with Gasteiger partial charge in [-0.15, -0.1) is 0 Å². The van der Waals surface area contributed by atoms with Crippen LogP contribution in [0.3, 0.4) is 0 Å². The highest BCUT2D eigenvalue weighted by Crippen LogP contribution is 2.49. The predicted molar refractivity (Wildman–Crippen MR) is 209 cm³/mol. The van der Waals surface area contributed by atoms with Crippen LogP contribution in [-0.2, 0) is 16.6 Å². The Bertz CT molecular complexity index is 2650. The summed E-state index contributed by atoms with van der Waals surface area (Å²) in [6, 6.07) is 12.0. The molecule has 58 heavy (non-hydrogen) atoms. The standard InChI is InChI=1S/C41H40F2N10O5/c1-49-33-14-34(30(43)13-27(33)37(48-49)52-11-8-35(54)47-39(52)56)51-20-40(21-51)18-50(19-40)23-6-9-41(10-7-23)15-24(17-57-41)53-22-46-32-5-2-25(12-26(32)38(53)55)58-36-28(16-44)31(45)4-3-29(36)42/h2-5,12-14,22-24H,6-11,15,17-21,45H2,1H3,(H,47,54,56). The number of nitrogens with two attached hydrogens (primary N) is 1. The number of ether oxygens (including phenoxy) is 2. The normalized spacial score (nSPS) is 24.3. The van der Waals surface area contributed by atoms with Gasteiger partial charge >= 0.3 is 6.03 Å². The lowest BCUT2D eigenvalue weighted by molar-refractivity contribution is -0.120. The third-order valence-electron chi connectivity index (χ3n) is 12.9. The van der Waals surface area contributed by atoms with Crippen molar-refractivity contribution in [1.29, 1.82) is 5.26 Å². The number of nitrogen functional groups attached to an aromatic ring is 1. The van der Waals surface area contributed by atoms with Crippen molar-refractivity contribution < 1.29 is 27.8 Å². The summed E-state index contributed by atoms with van der Waals surface area (Å²) >= 11 is 0. The van der Waals surface area contributed by atoms with Crippen molar-refractivity contribution in [2.75, 3.05) is 54.9 Å². The molecule has 4 aliphatic heterocycles. The van der Waals surface area contributed by atoms with Gasteiger partial charge in [0.05, 0.1) is 52.4 Å². The summed E-state index contributed by atoms with van der Waals surface area (Å²) in [6.07, 6.45) is 6.16. The summed E-state index contributed by atoms with van der Waals surface area (Å²) in [4.78, 5) is 48.5. The first-order chi connectivity index (χ1) is 27.9. The first-order valence-corrected chi connectivity index (χ1v) is 19.5. The number of imide groups is 1. The fraction of sp³-hybridized carbons (Fsp3) is 0.415. The summed E-state index contributed by atoms with van der Waals surface area (Å²) in [5.41, 5.74) is 7.09. The van der Waals surface area contributed by atoms with Crippen LogP contribution in [0.5, 0.6) is 11.5 Å². The molecule has 6 heterocycles. The number of urea groups is 1. The maximum Gasteiger partial charge on any atom is 0.329 e. The molecule has 2 aromatic heterocycles. The van der Waals surface area contributed by atoms with Gasteiger partial charge in [0.15, 0.2) is 17.4 Å². The highest BCUT2D eigenvalue weighted by Gasteiger charge is 2.55. The molecule has 5 aromatic rings. The number of nitrogens with one attached hydrogen (secondary N) is 1. The number of hydrogen-bond acceptors (Lipinski definition) is 11. The second-order valence-corrected chi connectivity index (χ2v) is 16.6. The first kappa shape index (κ1) is 36.2. The number of anilines is 3. The van der Waals surface area contributed by atoms with Crippen molar-refractivity contribution in [3.63, 3.8) is 0 Å². The molecular formula is C41H40F2N10O5. The molecule has 5 fully saturated rings. The van der Waals surface area contributed by atoms with E-state index in [9.17, 15) is 24.0 Å². The van der Waals surface area contributed by atoms with Crippen molar-refractivity contribution >= 4 is 50.9 Å². The van der Waals surface area contributed by atoms with E-state index < -0.39 is 11.8 Å². The maximum absolute atomic E-state index is 15.6. The van der Waals surface area contributed by atoms with Crippen LogP contribution in [-0.4, -0.2) is 87.1 Å². The molecule has 0 radical (unpaired) electrons. The summed E-state index contributed by atoms with van der Waals surface area (Å²) < 4.78 is 45.8. The Morgan fingerprint density at radius 2 is 1.79 bits per heavy atom. The SMILES string of the molecule is Cn1nc(N2CCC(=O)NC2=O)c2cc(F)c(N3CC4(C3)CN(C3CCC5(CC3)CC(n3cnc6ccc(Oc7c(F)ccc(N)c7C#N)cc6c3=O)CO5)C4)cc21. The number of amides is 3. The van der Waals surface area contributed by atoms with E-state index in [0.717, 1.165) is 57.9 Å². The highest BCUT2D eigenvalue weighted by atomic mass is 19.1. The van der Waals surface area contributed by atoms with Crippen molar-refractivity contribution in [3.8, 4) is 17.6 Å². The van der Waals surface area contributed by atoms with Crippen LogP contribution in [0, 0.1) is 28.4 Å². The summed E-state index contributed by atoms with van der Waals surface area (Å²) in [7, 11) is 1.77. The number of nitrogens with zero attached hydrogens (tertiary/aromatic N) is 8. The molecule has 1 atom stereocenters. The van der Waals surface area contributed by atoms with E-state index in [1.807, 2.05) is 6.07 Å². The number of aromatic nitrogens is 4.